The predicted molar refractivity (Wildman–Crippen MR) is 75.2 cm³/mol. The van der Waals surface area contributed by atoms with Crippen molar-refractivity contribution in [2.75, 3.05) is 20.1 Å². The highest BCUT2D eigenvalue weighted by molar-refractivity contribution is 5.76. The molecule has 1 unspecified atom stereocenters. The lowest BCUT2D eigenvalue weighted by molar-refractivity contribution is -0.138. The van der Waals surface area contributed by atoms with Crippen LogP contribution in [0.5, 0.6) is 0 Å². The molecule has 0 saturated heterocycles. The van der Waals surface area contributed by atoms with Gasteiger partial charge in [-0.05, 0) is 34.2 Å². The number of carbonyl (C=O) groups is 2. The Morgan fingerprint density at radius 3 is 2.42 bits per heavy atom. The second-order valence-corrected chi connectivity index (χ2v) is 5.57. The third-order valence-electron chi connectivity index (χ3n) is 3.14. The van der Waals surface area contributed by atoms with Gasteiger partial charge in [0.1, 0.15) is 0 Å². The van der Waals surface area contributed by atoms with Crippen LogP contribution in [-0.4, -0.2) is 53.7 Å². The summed E-state index contributed by atoms with van der Waals surface area (Å²) in [5, 5.41) is 14.1. The van der Waals surface area contributed by atoms with Crippen molar-refractivity contribution in [1.29, 1.82) is 0 Å². The Kier molecular flexibility index (Phi) is 7.44. The molecule has 0 aromatic heterocycles. The van der Waals surface area contributed by atoms with Gasteiger partial charge in [0.2, 0.25) is 0 Å². The molecule has 0 aliphatic carbocycles. The summed E-state index contributed by atoms with van der Waals surface area (Å²) in [5.74, 6) is -0.929. The summed E-state index contributed by atoms with van der Waals surface area (Å²) in [6.45, 7) is 8.93. The maximum absolute atomic E-state index is 11.6. The number of carboxylic acids is 1. The van der Waals surface area contributed by atoms with Crippen LogP contribution in [0.3, 0.4) is 0 Å². The molecule has 6 nitrogen and oxygen atoms in total. The highest BCUT2D eigenvalue weighted by Crippen LogP contribution is 2.07. The van der Waals surface area contributed by atoms with Gasteiger partial charge in [-0.2, -0.15) is 0 Å². The first-order valence-electron chi connectivity index (χ1n) is 6.66. The average molecular weight is 273 g/mol. The average Bonchev–Trinajstić information content (AvgIpc) is 2.24. The molecule has 0 aromatic carbocycles. The molecule has 0 bridgehead atoms. The SMILES string of the molecule is CCC(C)N(C)CCNC(=O)NC(C)(C)CC(=O)O. The lowest BCUT2D eigenvalue weighted by Crippen LogP contribution is -2.50. The van der Waals surface area contributed by atoms with Crippen molar-refractivity contribution in [2.45, 2.75) is 52.1 Å². The Bertz CT molecular complexity index is 306. The zero-order valence-electron chi connectivity index (χ0n) is 12.6. The molecule has 0 spiro atoms. The van der Waals surface area contributed by atoms with Crippen molar-refractivity contribution >= 4 is 12.0 Å². The van der Waals surface area contributed by atoms with E-state index in [2.05, 4.69) is 29.4 Å². The zero-order valence-corrected chi connectivity index (χ0v) is 12.6. The minimum atomic E-state index is -0.929. The van der Waals surface area contributed by atoms with Crippen LogP contribution >= 0.6 is 0 Å². The molecule has 0 aromatic rings. The second-order valence-electron chi connectivity index (χ2n) is 5.57. The number of amides is 2. The van der Waals surface area contributed by atoms with Crippen molar-refractivity contribution < 1.29 is 14.7 Å². The molecular weight excluding hydrogens is 246 g/mol. The number of rotatable bonds is 8. The van der Waals surface area contributed by atoms with Crippen LogP contribution in [0.25, 0.3) is 0 Å². The molecule has 0 radical (unpaired) electrons. The molecule has 0 saturated carbocycles. The van der Waals surface area contributed by atoms with Gasteiger partial charge in [-0.15, -0.1) is 0 Å². The summed E-state index contributed by atoms with van der Waals surface area (Å²) in [4.78, 5) is 24.4. The van der Waals surface area contributed by atoms with E-state index < -0.39 is 11.5 Å². The molecule has 3 N–H and O–H groups in total. The first-order valence-corrected chi connectivity index (χ1v) is 6.66. The smallest absolute Gasteiger partial charge is 0.315 e. The van der Waals surface area contributed by atoms with E-state index in [4.69, 9.17) is 5.11 Å². The Balaban J connectivity index is 3.96. The summed E-state index contributed by atoms with van der Waals surface area (Å²) >= 11 is 0. The molecule has 0 fully saturated rings. The van der Waals surface area contributed by atoms with Crippen LogP contribution in [0.15, 0.2) is 0 Å². The van der Waals surface area contributed by atoms with E-state index in [0.717, 1.165) is 13.0 Å². The van der Waals surface area contributed by atoms with E-state index in [1.807, 2.05) is 7.05 Å². The molecule has 0 rings (SSSR count). The molecule has 2 amide bonds. The first kappa shape index (κ1) is 17.7. The van der Waals surface area contributed by atoms with Gasteiger partial charge < -0.3 is 20.6 Å². The fraction of sp³-hybridized carbons (Fsp3) is 0.846. The molecule has 0 heterocycles. The Labute approximate surface area is 115 Å². The van der Waals surface area contributed by atoms with E-state index in [1.54, 1.807) is 13.8 Å². The number of urea groups is 1. The third kappa shape index (κ3) is 8.42. The monoisotopic (exact) mass is 273 g/mol. The Hall–Kier alpha value is -1.30. The van der Waals surface area contributed by atoms with Gasteiger partial charge in [-0.1, -0.05) is 6.92 Å². The normalized spacial score (nSPS) is 13.2. The quantitative estimate of drug-likeness (QED) is 0.622. The minimum Gasteiger partial charge on any atom is -0.481 e. The number of hydrogen-bond acceptors (Lipinski definition) is 3. The van der Waals surface area contributed by atoms with Crippen molar-refractivity contribution in [2.24, 2.45) is 0 Å². The number of aliphatic carboxylic acids is 1. The van der Waals surface area contributed by atoms with Crippen LogP contribution in [0, 0.1) is 0 Å². The molecule has 6 heteroatoms. The Morgan fingerprint density at radius 1 is 1.37 bits per heavy atom. The van der Waals surface area contributed by atoms with Gasteiger partial charge in [0.05, 0.1) is 6.42 Å². The van der Waals surface area contributed by atoms with Crippen LogP contribution in [-0.2, 0) is 4.79 Å². The fourth-order valence-corrected chi connectivity index (χ4v) is 1.65. The maximum Gasteiger partial charge on any atom is 0.315 e. The minimum absolute atomic E-state index is 0.104. The molecule has 1 atom stereocenters. The number of carbonyl (C=O) groups excluding carboxylic acids is 1. The topological polar surface area (TPSA) is 81.7 Å². The van der Waals surface area contributed by atoms with E-state index in [-0.39, 0.29) is 12.5 Å². The summed E-state index contributed by atoms with van der Waals surface area (Å²) in [7, 11) is 2.02. The fourth-order valence-electron chi connectivity index (χ4n) is 1.65. The molecule has 112 valence electrons. The van der Waals surface area contributed by atoms with Gasteiger partial charge in [0.15, 0.2) is 0 Å². The highest BCUT2D eigenvalue weighted by Gasteiger charge is 2.23. The Morgan fingerprint density at radius 2 is 1.95 bits per heavy atom. The largest absolute Gasteiger partial charge is 0.481 e. The number of carboxylic acid groups (broad SMARTS) is 1. The standard InChI is InChI=1S/C13H27N3O3/c1-6-10(2)16(5)8-7-14-12(19)15-13(3,4)9-11(17)18/h10H,6-9H2,1-5H3,(H,17,18)(H2,14,15,19). The van der Waals surface area contributed by atoms with Crippen LogP contribution in [0.2, 0.25) is 0 Å². The predicted octanol–water partition coefficient (Wildman–Crippen LogP) is 1.27. The van der Waals surface area contributed by atoms with Crippen molar-refractivity contribution in [1.82, 2.24) is 15.5 Å². The summed E-state index contributed by atoms with van der Waals surface area (Å²) in [5.41, 5.74) is -0.751. The summed E-state index contributed by atoms with van der Waals surface area (Å²) in [6, 6.07) is 0.150. The van der Waals surface area contributed by atoms with E-state index in [1.165, 1.54) is 0 Å². The third-order valence-corrected chi connectivity index (χ3v) is 3.14. The molecule has 19 heavy (non-hydrogen) atoms. The second kappa shape index (κ2) is 7.99. The summed E-state index contributed by atoms with van der Waals surface area (Å²) < 4.78 is 0. The lowest BCUT2D eigenvalue weighted by Gasteiger charge is -2.26. The van der Waals surface area contributed by atoms with Crippen molar-refractivity contribution in [3.63, 3.8) is 0 Å². The summed E-state index contributed by atoms with van der Waals surface area (Å²) in [6.07, 6.45) is 0.960. The number of likely N-dealkylation sites (N-methyl/N-ethyl adjacent to an activating group) is 1. The maximum atomic E-state index is 11.6. The number of nitrogens with zero attached hydrogens (tertiary/aromatic N) is 1. The highest BCUT2D eigenvalue weighted by atomic mass is 16.4. The molecule has 0 aliphatic rings. The van der Waals surface area contributed by atoms with E-state index >= 15 is 0 Å². The van der Waals surface area contributed by atoms with Gasteiger partial charge in [0.25, 0.3) is 0 Å². The molecule has 0 aliphatic heterocycles. The van der Waals surface area contributed by atoms with Crippen molar-refractivity contribution in [3.05, 3.63) is 0 Å². The van der Waals surface area contributed by atoms with Crippen molar-refractivity contribution in [3.8, 4) is 0 Å². The van der Waals surface area contributed by atoms with Crippen LogP contribution in [0.1, 0.15) is 40.5 Å². The van der Waals surface area contributed by atoms with Crippen LogP contribution in [0.4, 0.5) is 4.79 Å². The van der Waals surface area contributed by atoms with Gasteiger partial charge in [0, 0.05) is 24.7 Å². The van der Waals surface area contributed by atoms with Crippen LogP contribution < -0.4 is 10.6 Å². The number of hydrogen-bond donors (Lipinski definition) is 3. The van der Waals surface area contributed by atoms with Gasteiger partial charge in [-0.25, -0.2) is 4.79 Å². The zero-order chi connectivity index (χ0) is 15.1. The van der Waals surface area contributed by atoms with Gasteiger partial charge >= 0.3 is 12.0 Å². The first-order chi connectivity index (χ1) is 8.68. The number of nitrogens with one attached hydrogen (secondary N) is 2. The van der Waals surface area contributed by atoms with Gasteiger partial charge in [-0.3, -0.25) is 4.79 Å². The van der Waals surface area contributed by atoms with E-state index in [9.17, 15) is 9.59 Å². The lowest BCUT2D eigenvalue weighted by atomic mass is 10.0. The van der Waals surface area contributed by atoms with E-state index in [0.29, 0.717) is 12.6 Å². The molecular formula is C13H27N3O3.